The first-order valence-electron chi connectivity index (χ1n) is 5.92. The fourth-order valence-corrected chi connectivity index (χ4v) is 2.29. The highest BCUT2D eigenvalue weighted by atomic mass is 14.9. The van der Waals surface area contributed by atoms with Crippen LogP contribution in [0.4, 0.5) is 5.69 Å². The topological polar surface area (TPSA) is 53.8 Å². The third kappa shape index (κ3) is 1.57. The Kier molecular flexibility index (Phi) is 2.33. The molecule has 1 aliphatic carbocycles. The molecule has 0 unspecified atom stereocenters. The zero-order valence-electron chi connectivity index (χ0n) is 9.29. The van der Waals surface area contributed by atoms with E-state index in [9.17, 15) is 0 Å². The Morgan fingerprint density at radius 2 is 2.25 bits per heavy atom. The number of nitrogens with one attached hydrogen (secondary N) is 2. The second-order valence-electron chi connectivity index (χ2n) is 4.59. The average Bonchev–Trinajstić information content (AvgIpc) is 2.61. The molecule has 1 heterocycles. The van der Waals surface area contributed by atoms with Crippen LogP contribution in [0, 0.1) is 0 Å². The van der Waals surface area contributed by atoms with Crippen LogP contribution in [0.25, 0.3) is 10.9 Å². The number of hydrogen-bond donors (Lipinski definition) is 3. The molecule has 0 amide bonds. The summed E-state index contributed by atoms with van der Waals surface area (Å²) in [6.45, 7) is 0.916. The highest BCUT2D eigenvalue weighted by molar-refractivity contribution is 5.93. The normalized spacial score (nSPS) is 16.5. The van der Waals surface area contributed by atoms with Crippen molar-refractivity contribution in [3.8, 4) is 0 Å². The van der Waals surface area contributed by atoms with Crippen LogP contribution in [0.15, 0.2) is 24.4 Å². The molecule has 1 saturated carbocycles. The van der Waals surface area contributed by atoms with Gasteiger partial charge in [-0.15, -0.1) is 0 Å². The minimum atomic E-state index is 0.717. The minimum Gasteiger partial charge on any atom is -0.398 e. The van der Waals surface area contributed by atoms with E-state index in [2.05, 4.69) is 22.6 Å². The number of hydrogen-bond acceptors (Lipinski definition) is 2. The Labute approximate surface area is 95.0 Å². The summed E-state index contributed by atoms with van der Waals surface area (Å²) in [6, 6.07) is 6.73. The molecule has 3 nitrogen and oxygen atoms in total. The number of fused-ring (bicyclic) bond motifs is 1. The Morgan fingerprint density at radius 1 is 1.38 bits per heavy atom. The summed E-state index contributed by atoms with van der Waals surface area (Å²) < 4.78 is 0. The van der Waals surface area contributed by atoms with Gasteiger partial charge in [-0.05, 0) is 30.5 Å². The fraction of sp³-hybridized carbons (Fsp3) is 0.385. The second-order valence-corrected chi connectivity index (χ2v) is 4.59. The molecule has 0 bridgehead atoms. The zero-order chi connectivity index (χ0) is 11.0. The highest BCUT2D eigenvalue weighted by Crippen LogP contribution is 2.25. The molecular weight excluding hydrogens is 198 g/mol. The van der Waals surface area contributed by atoms with E-state index in [4.69, 9.17) is 5.73 Å². The molecule has 1 aromatic heterocycles. The van der Waals surface area contributed by atoms with Gasteiger partial charge in [0.05, 0.1) is 0 Å². The van der Waals surface area contributed by atoms with Crippen molar-refractivity contribution < 1.29 is 0 Å². The number of aromatic nitrogens is 1. The lowest BCUT2D eigenvalue weighted by atomic mass is 9.93. The summed E-state index contributed by atoms with van der Waals surface area (Å²) in [5.41, 5.74) is 9.28. The second kappa shape index (κ2) is 3.83. The Hall–Kier alpha value is -1.48. The molecule has 16 heavy (non-hydrogen) atoms. The molecule has 4 N–H and O–H groups in total. The third-order valence-electron chi connectivity index (χ3n) is 3.51. The number of H-pyrrole nitrogens is 1. The molecule has 3 rings (SSSR count). The van der Waals surface area contributed by atoms with E-state index >= 15 is 0 Å². The van der Waals surface area contributed by atoms with Gasteiger partial charge in [-0.2, -0.15) is 0 Å². The van der Waals surface area contributed by atoms with E-state index in [0.29, 0.717) is 0 Å². The maximum absolute atomic E-state index is 6.01. The van der Waals surface area contributed by atoms with E-state index in [1.807, 2.05) is 12.1 Å². The molecule has 2 aromatic rings. The van der Waals surface area contributed by atoms with Gasteiger partial charge in [-0.3, -0.25) is 0 Å². The summed E-state index contributed by atoms with van der Waals surface area (Å²) in [7, 11) is 0. The summed E-state index contributed by atoms with van der Waals surface area (Å²) in [6.07, 6.45) is 6.07. The highest BCUT2D eigenvalue weighted by Gasteiger charge is 2.17. The van der Waals surface area contributed by atoms with Crippen LogP contribution in [0.3, 0.4) is 0 Å². The number of benzene rings is 1. The van der Waals surface area contributed by atoms with Crippen molar-refractivity contribution in [1.29, 1.82) is 0 Å². The van der Waals surface area contributed by atoms with E-state index in [0.717, 1.165) is 23.8 Å². The number of rotatable bonds is 3. The lowest BCUT2D eigenvalue weighted by Crippen LogP contribution is -2.34. The van der Waals surface area contributed by atoms with Crippen molar-refractivity contribution in [3.63, 3.8) is 0 Å². The maximum Gasteiger partial charge on any atom is 0.0478 e. The predicted molar refractivity (Wildman–Crippen MR) is 67.2 cm³/mol. The van der Waals surface area contributed by atoms with Gasteiger partial charge in [0.2, 0.25) is 0 Å². The Balaban J connectivity index is 1.85. The molecule has 1 aliphatic rings. The van der Waals surface area contributed by atoms with Crippen molar-refractivity contribution in [2.75, 3.05) is 5.73 Å². The van der Waals surface area contributed by atoms with Crippen LogP contribution < -0.4 is 11.1 Å². The third-order valence-corrected chi connectivity index (χ3v) is 3.51. The van der Waals surface area contributed by atoms with Gasteiger partial charge in [-0.25, -0.2) is 0 Å². The lowest BCUT2D eigenvalue weighted by molar-refractivity contribution is 0.338. The van der Waals surface area contributed by atoms with Crippen molar-refractivity contribution in [2.45, 2.75) is 31.8 Å². The summed E-state index contributed by atoms with van der Waals surface area (Å²) >= 11 is 0. The number of anilines is 1. The monoisotopic (exact) mass is 215 g/mol. The molecule has 0 aliphatic heterocycles. The first kappa shape index (κ1) is 9.73. The number of nitrogen functional groups attached to an aromatic ring is 1. The smallest absolute Gasteiger partial charge is 0.0478 e. The van der Waals surface area contributed by atoms with Crippen LogP contribution in [-0.4, -0.2) is 11.0 Å². The van der Waals surface area contributed by atoms with Gasteiger partial charge in [0, 0.05) is 35.4 Å². The Bertz CT molecular complexity index is 497. The molecule has 0 atom stereocenters. The van der Waals surface area contributed by atoms with E-state index in [1.165, 1.54) is 30.2 Å². The van der Waals surface area contributed by atoms with Crippen LogP contribution >= 0.6 is 0 Å². The molecule has 0 spiro atoms. The summed E-state index contributed by atoms with van der Waals surface area (Å²) in [5.74, 6) is 0. The predicted octanol–water partition coefficient (Wildman–Crippen LogP) is 2.39. The first-order valence-corrected chi connectivity index (χ1v) is 5.92. The van der Waals surface area contributed by atoms with Gasteiger partial charge in [0.1, 0.15) is 0 Å². The van der Waals surface area contributed by atoms with Crippen LogP contribution in [0.1, 0.15) is 24.8 Å². The van der Waals surface area contributed by atoms with Gasteiger partial charge < -0.3 is 16.0 Å². The first-order chi connectivity index (χ1) is 7.84. The molecule has 3 heteroatoms. The Morgan fingerprint density at radius 3 is 3.00 bits per heavy atom. The van der Waals surface area contributed by atoms with E-state index in [-0.39, 0.29) is 0 Å². The maximum atomic E-state index is 6.01. The van der Waals surface area contributed by atoms with Crippen LogP contribution in [0.5, 0.6) is 0 Å². The quantitative estimate of drug-likeness (QED) is 0.689. The van der Waals surface area contributed by atoms with Crippen molar-refractivity contribution in [2.24, 2.45) is 0 Å². The standard InChI is InChI=1S/C13H17N3/c14-11-5-2-6-12-13(11)9(8-16-12)7-15-10-3-1-4-10/h2,5-6,8,10,15-16H,1,3-4,7,14H2. The van der Waals surface area contributed by atoms with Gasteiger partial charge in [0.25, 0.3) is 0 Å². The van der Waals surface area contributed by atoms with Crippen LogP contribution in [0.2, 0.25) is 0 Å². The zero-order valence-corrected chi connectivity index (χ0v) is 9.29. The van der Waals surface area contributed by atoms with Crippen molar-refractivity contribution in [3.05, 3.63) is 30.0 Å². The van der Waals surface area contributed by atoms with Gasteiger partial charge in [0.15, 0.2) is 0 Å². The SMILES string of the molecule is Nc1cccc2[nH]cc(CNC3CCC3)c12. The van der Waals surface area contributed by atoms with Crippen LogP contribution in [-0.2, 0) is 6.54 Å². The van der Waals surface area contributed by atoms with Crippen molar-refractivity contribution in [1.82, 2.24) is 10.3 Å². The molecule has 0 saturated heterocycles. The summed E-state index contributed by atoms with van der Waals surface area (Å²) in [4.78, 5) is 3.27. The summed E-state index contributed by atoms with van der Waals surface area (Å²) in [5, 5.41) is 4.74. The molecular formula is C13H17N3. The van der Waals surface area contributed by atoms with E-state index in [1.54, 1.807) is 0 Å². The minimum absolute atomic E-state index is 0.717. The van der Waals surface area contributed by atoms with Crippen molar-refractivity contribution >= 4 is 16.6 Å². The molecule has 1 aromatic carbocycles. The number of nitrogens with two attached hydrogens (primary N) is 1. The number of aromatic amines is 1. The molecule has 0 radical (unpaired) electrons. The van der Waals surface area contributed by atoms with Gasteiger partial charge in [-0.1, -0.05) is 12.5 Å². The lowest BCUT2D eigenvalue weighted by Gasteiger charge is -2.26. The molecule has 84 valence electrons. The largest absolute Gasteiger partial charge is 0.398 e. The molecule has 1 fully saturated rings. The van der Waals surface area contributed by atoms with Gasteiger partial charge >= 0.3 is 0 Å². The average molecular weight is 215 g/mol. The van der Waals surface area contributed by atoms with E-state index < -0.39 is 0 Å². The fourth-order valence-electron chi connectivity index (χ4n) is 2.29.